The van der Waals surface area contributed by atoms with E-state index in [1.807, 2.05) is 12.1 Å². The highest BCUT2D eigenvalue weighted by Crippen LogP contribution is 2.41. The average Bonchev–Trinajstić information content (AvgIpc) is 3.66. The van der Waals surface area contributed by atoms with Gasteiger partial charge >= 0.3 is 11.7 Å². The summed E-state index contributed by atoms with van der Waals surface area (Å²) in [6.45, 7) is 0.445. The smallest absolute Gasteiger partial charge is 0.349 e. The molecular formula is C25H22FN7O5S. The van der Waals surface area contributed by atoms with Crippen LogP contribution in [0.15, 0.2) is 40.8 Å². The Hall–Kier alpha value is -4.85. The molecule has 1 atom stereocenters. The number of thiazole rings is 1. The molecule has 0 fully saturated rings. The van der Waals surface area contributed by atoms with Gasteiger partial charge < -0.3 is 30.6 Å². The lowest BCUT2D eigenvalue weighted by Crippen LogP contribution is -2.19. The molecule has 200 valence electrons. The highest BCUT2D eigenvalue weighted by atomic mass is 32.1. The number of carbonyl (C=O) groups is 1. The van der Waals surface area contributed by atoms with Crippen molar-refractivity contribution in [2.45, 2.75) is 18.9 Å². The van der Waals surface area contributed by atoms with Crippen molar-refractivity contribution in [3.63, 3.8) is 0 Å². The predicted molar refractivity (Wildman–Crippen MR) is 142 cm³/mol. The molecule has 0 amide bonds. The first-order valence-electron chi connectivity index (χ1n) is 11.9. The molecule has 1 aliphatic rings. The third-order valence-electron chi connectivity index (χ3n) is 6.54. The number of nitrogens with two attached hydrogens (primary N) is 1. The fourth-order valence-electron chi connectivity index (χ4n) is 4.72. The minimum absolute atomic E-state index is 0.0376. The molecular weight excluding hydrogens is 529 g/mol. The van der Waals surface area contributed by atoms with Crippen LogP contribution in [0.3, 0.4) is 0 Å². The number of nitrogens with one attached hydrogen (secondary N) is 3. The van der Waals surface area contributed by atoms with Gasteiger partial charge in [0.15, 0.2) is 28.0 Å². The molecule has 6 rings (SSSR count). The Morgan fingerprint density at radius 1 is 1.38 bits per heavy atom. The number of aromatic nitrogens is 5. The zero-order chi connectivity index (χ0) is 27.3. The van der Waals surface area contributed by atoms with E-state index in [2.05, 4.69) is 25.4 Å². The quantitative estimate of drug-likeness (QED) is 0.203. The number of hydrogen-bond acceptors (Lipinski definition) is 9. The number of rotatable bonds is 7. The number of benzene rings is 2. The number of nitrogen functional groups attached to an aromatic ring is 1. The molecule has 5 aromatic rings. The van der Waals surface area contributed by atoms with Crippen LogP contribution in [0, 0.1) is 5.82 Å². The minimum Gasteiger partial charge on any atom is -0.493 e. The monoisotopic (exact) mass is 551 g/mol. The lowest BCUT2D eigenvalue weighted by Gasteiger charge is -2.25. The van der Waals surface area contributed by atoms with E-state index >= 15 is 4.39 Å². The van der Waals surface area contributed by atoms with Crippen LogP contribution in [0.1, 0.15) is 39.1 Å². The summed E-state index contributed by atoms with van der Waals surface area (Å²) >= 11 is 0.860. The van der Waals surface area contributed by atoms with E-state index < -0.39 is 23.5 Å². The second-order valence-electron chi connectivity index (χ2n) is 8.86. The van der Waals surface area contributed by atoms with Crippen LogP contribution in [-0.2, 0) is 6.42 Å². The average molecular weight is 552 g/mol. The van der Waals surface area contributed by atoms with Gasteiger partial charge in [0.2, 0.25) is 0 Å². The zero-order valence-corrected chi connectivity index (χ0v) is 21.3. The van der Waals surface area contributed by atoms with Crippen LogP contribution in [0.5, 0.6) is 11.5 Å². The molecule has 0 aliphatic carbocycles. The molecule has 0 saturated heterocycles. The van der Waals surface area contributed by atoms with Crippen LogP contribution in [0.4, 0.5) is 15.9 Å². The molecule has 1 unspecified atom stereocenters. The van der Waals surface area contributed by atoms with E-state index in [0.717, 1.165) is 26.8 Å². The molecule has 14 heteroatoms. The van der Waals surface area contributed by atoms with Gasteiger partial charge in [0, 0.05) is 33.8 Å². The zero-order valence-electron chi connectivity index (χ0n) is 20.4. The van der Waals surface area contributed by atoms with E-state index in [4.69, 9.17) is 15.2 Å². The molecule has 6 N–H and O–H groups in total. The Morgan fingerprint density at radius 2 is 2.23 bits per heavy atom. The predicted octanol–water partition coefficient (Wildman–Crippen LogP) is 3.45. The van der Waals surface area contributed by atoms with Crippen molar-refractivity contribution < 1.29 is 23.8 Å². The lowest BCUT2D eigenvalue weighted by atomic mass is 9.96. The Bertz CT molecular complexity index is 1790. The number of H-pyrrole nitrogens is 2. The number of methoxy groups -OCH3 is 1. The summed E-state index contributed by atoms with van der Waals surface area (Å²) in [6, 6.07) is 5.90. The van der Waals surface area contributed by atoms with Crippen molar-refractivity contribution in [1.82, 2.24) is 24.7 Å². The van der Waals surface area contributed by atoms with Crippen molar-refractivity contribution in [2.75, 3.05) is 24.8 Å². The molecule has 1 aliphatic heterocycles. The van der Waals surface area contributed by atoms with Gasteiger partial charge in [-0.15, -0.1) is 16.4 Å². The van der Waals surface area contributed by atoms with Crippen LogP contribution >= 0.6 is 11.3 Å². The number of ether oxygens (including phenoxy) is 2. The summed E-state index contributed by atoms with van der Waals surface area (Å²) in [5.74, 6) is -0.667. The van der Waals surface area contributed by atoms with Gasteiger partial charge in [-0.2, -0.15) is 4.68 Å². The number of halogens is 1. The minimum atomic E-state index is -1.25. The number of fused-ring (bicyclic) bond motifs is 2. The van der Waals surface area contributed by atoms with Crippen LogP contribution in [0.2, 0.25) is 0 Å². The number of carboxylic acids is 1. The second kappa shape index (κ2) is 9.47. The van der Waals surface area contributed by atoms with Crippen molar-refractivity contribution in [1.29, 1.82) is 0 Å². The molecule has 39 heavy (non-hydrogen) atoms. The van der Waals surface area contributed by atoms with Gasteiger partial charge in [-0.25, -0.2) is 19.0 Å². The third-order valence-corrected chi connectivity index (χ3v) is 7.34. The van der Waals surface area contributed by atoms with Crippen LogP contribution in [0.25, 0.3) is 16.6 Å². The summed E-state index contributed by atoms with van der Waals surface area (Å²) in [5.41, 5.74) is 7.67. The van der Waals surface area contributed by atoms with Gasteiger partial charge in [-0.05, 0) is 37.1 Å². The first kappa shape index (κ1) is 24.5. The van der Waals surface area contributed by atoms with E-state index in [9.17, 15) is 14.7 Å². The van der Waals surface area contributed by atoms with E-state index in [-0.39, 0.29) is 22.1 Å². The van der Waals surface area contributed by atoms with Crippen molar-refractivity contribution in [3.8, 4) is 17.3 Å². The molecule has 4 heterocycles. The number of carboxylic acid groups (broad SMARTS) is 1. The van der Waals surface area contributed by atoms with Crippen molar-refractivity contribution >= 4 is 39.6 Å². The van der Waals surface area contributed by atoms with Crippen LogP contribution in [-0.4, -0.2) is 49.5 Å². The Kier molecular flexibility index (Phi) is 5.95. The first-order chi connectivity index (χ1) is 18.9. The topological polar surface area (TPSA) is 173 Å². The number of hydrogen-bond donors (Lipinski definition) is 5. The van der Waals surface area contributed by atoms with Gasteiger partial charge in [-0.1, -0.05) is 0 Å². The SMILES string of the molecule is COc1cc(C(Nc2ccc3c(N)[nH]cc3c2)c2nn(-c3ncsc3C(=O)O)c(=O)[nH]2)c(F)c2c1OCCC2. The fraction of sp³-hybridized carbons (Fsp3) is 0.200. The maximum Gasteiger partial charge on any atom is 0.349 e. The Balaban J connectivity index is 1.52. The molecule has 0 bridgehead atoms. The third kappa shape index (κ3) is 4.14. The largest absolute Gasteiger partial charge is 0.493 e. The summed E-state index contributed by atoms with van der Waals surface area (Å²) in [6.07, 6.45) is 2.82. The maximum absolute atomic E-state index is 16.1. The Morgan fingerprint density at radius 3 is 3.03 bits per heavy atom. The Labute approximate surface area is 223 Å². The summed E-state index contributed by atoms with van der Waals surface area (Å²) in [4.78, 5) is 34.1. The van der Waals surface area contributed by atoms with Gasteiger partial charge in [-0.3, -0.25) is 4.98 Å². The summed E-state index contributed by atoms with van der Waals surface area (Å²) in [5, 5.41) is 18.8. The second-order valence-corrected chi connectivity index (χ2v) is 9.72. The summed E-state index contributed by atoms with van der Waals surface area (Å²) < 4.78 is 28.2. The molecule has 0 saturated carbocycles. The van der Waals surface area contributed by atoms with Crippen LogP contribution < -0.4 is 26.2 Å². The first-order valence-corrected chi connectivity index (χ1v) is 12.7. The standard InChI is InChI=1S/C25H22FN7O5S/c1-37-16-8-15(17(26)14-3-2-6-38-19(14)16)18(30-12-4-5-13-11(7-12)9-28-21(13)27)22-31-25(36)33(32-22)23-20(24(34)35)39-10-29-23/h4-5,7-10,18,28,30H,2-3,6,27H2,1H3,(H,34,35)(H,31,32,36). The number of anilines is 2. The maximum atomic E-state index is 16.1. The van der Waals surface area contributed by atoms with E-state index in [1.54, 1.807) is 12.3 Å². The number of nitrogens with zero attached hydrogens (tertiary/aromatic N) is 3. The fourth-order valence-corrected chi connectivity index (χ4v) is 5.32. The highest BCUT2D eigenvalue weighted by molar-refractivity contribution is 7.12. The number of aromatic amines is 2. The summed E-state index contributed by atoms with van der Waals surface area (Å²) in [7, 11) is 1.47. The lowest BCUT2D eigenvalue weighted by molar-refractivity contribution is 0.0701. The molecule has 2 aromatic carbocycles. The molecule has 0 radical (unpaired) electrons. The van der Waals surface area contributed by atoms with Crippen molar-refractivity contribution in [3.05, 3.63) is 74.1 Å². The molecule has 3 aromatic heterocycles. The molecule has 12 nitrogen and oxygen atoms in total. The van der Waals surface area contributed by atoms with E-state index in [1.165, 1.54) is 18.7 Å². The van der Waals surface area contributed by atoms with Crippen molar-refractivity contribution in [2.24, 2.45) is 0 Å². The number of aromatic carboxylic acids is 1. The van der Waals surface area contributed by atoms with Gasteiger partial charge in [0.05, 0.1) is 19.2 Å². The van der Waals surface area contributed by atoms with Gasteiger partial charge in [0.25, 0.3) is 0 Å². The van der Waals surface area contributed by atoms with Gasteiger partial charge in [0.1, 0.15) is 17.7 Å². The highest BCUT2D eigenvalue weighted by Gasteiger charge is 2.30. The normalized spacial score (nSPS) is 13.6. The van der Waals surface area contributed by atoms with E-state index in [0.29, 0.717) is 48.0 Å². The molecule has 0 spiro atoms.